The van der Waals surface area contributed by atoms with Crippen molar-refractivity contribution in [1.29, 1.82) is 0 Å². The van der Waals surface area contributed by atoms with Gasteiger partial charge in [-0.15, -0.1) is 11.3 Å². The molecule has 0 bridgehead atoms. The maximum Gasteiger partial charge on any atom is 0.321 e. The highest BCUT2D eigenvalue weighted by atomic mass is 35.5. The molecule has 11 heteroatoms. The smallest absolute Gasteiger partial charge is 0.321 e. The minimum absolute atomic E-state index is 0.328. The number of fused-ring (bicyclic) bond motifs is 2. The van der Waals surface area contributed by atoms with Gasteiger partial charge in [-0.1, -0.05) is 47.5 Å². The molecule has 2 aromatic heterocycles. The second-order valence-electron chi connectivity index (χ2n) is 7.29. The molecular formula is C20H18Cl2N4O4S. The number of H-pyrrole nitrogens is 1. The molecule has 162 valence electrons. The van der Waals surface area contributed by atoms with Crippen LogP contribution in [0.1, 0.15) is 34.1 Å². The van der Waals surface area contributed by atoms with Gasteiger partial charge >= 0.3 is 5.97 Å². The van der Waals surface area contributed by atoms with Crippen LogP contribution in [-0.2, 0) is 16.0 Å². The SMILES string of the molecule is N[C@@H](CC(=O)N[C@@H]1c2ccccc2CC1NC(=O)c1cc2sc(Cl)c(Cl)c2[nH]1)C(=O)O. The van der Waals surface area contributed by atoms with Crippen molar-refractivity contribution in [3.8, 4) is 0 Å². The molecule has 8 nitrogen and oxygen atoms in total. The lowest BCUT2D eigenvalue weighted by molar-refractivity contribution is -0.140. The largest absolute Gasteiger partial charge is 0.480 e. The molecule has 6 N–H and O–H groups in total. The molecule has 1 aromatic carbocycles. The van der Waals surface area contributed by atoms with Gasteiger partial charge in [-0.05, 0) is 23.6 Å². The average Bonchev–Trinajstić information content (AvgIpc) is 3.36. The van der Waals surface area contributed by atoms with E-state index >= 15 is 0 Å². The van der Waals surface area contributed by atoms with Crippen LogP contribution in [-0.4, -0.2) is 40.0 Å². The third kappa shape index (κ3) is 4.27. The molecule has 3 aromatic rings. The number of halogens is 2. The number of aromatic nitrogens is 1. The Kier molecular flexibility index (Phi) is 5.94. The maximum absolute atomic E-state index is 12.9. The number of carboxylic acid groups (broad SMARTS) is 1. The fraction of sp³-hybridized carbons (Fsp3) is 0.250. The summed E-state index contributed by atoms with van der Waals surface area (Å²) in [4.78, 5) is 39.2. The predicted octanol–water partition coefficient (Wildman–Crippen LogP) is 2.85. The number of nitrogens with one attached hydrogen (secondary N) is 3. The Morgan fingerprint density at radius 1 is 1.26 bits per heavy atom. The highest BCUT2D eigenvalue weighted by Gasteiger charge is 2.35. The van der Waals surface area contributed by atoms with Gasteiger partial charge < -0.3 is 26.5 Å². The Balaban J connectivity index is 1.53. The number of hydrogen-bond acceptors (Lipinski definition) is 5. The van der Waals surface area contributed by atoms with E-state index in [2.05, 4.69) is 15.6 Å². The summed E-state index contributed by atoms with van der Waals surface area (Å²) in [5.74, 6) is -2.11. The minimum atomic E-state index is -1.30. The molecule has 2 heterocycles. The van der Waals surface area contributed by atoms with Crippen LogP contribution in [0.4, 0.5) is 0 Å². The van der Waals surface area contributed by atoms with Crippen LogP contribution >= 0.6 is 34.5 Å². The quantitative estimate of drug-likeness (QED) is 0.369. The summed E-state index contributed by atoms with van der Waals surface area (Å²) >= 11 is 13.4. The van der Waals surface area contributed by atoms with Gasteiger partial charge in [-0.25, -0.2) is 0 Å². The topological polar surface area (TPSA) is 137 Å². The number of nitrogens with two attached hydrogens (primary N) is 1. The highest BCUT2D eigenvalue weighted by Crippen LogP contribution is 2.39. The first kappa shape index (κ1) is 21.6. The average molecular weight is 481 g/mol. The lowest BCUT2D eigenvalue weighted by Gasteiger charge is -2.23. The van der Waals surface area contributed by atoms with Crippen LogP contribution in [0.3, 0.4) is 0 Å². The second kappa shape index (κ2) is 8.51. The zero-order valence-corrected chi connectivity index (χ0v) is 18.3. The Bertz CT molecular complexity index is 1190. The van der Waals surface area contributed by atoms with E-state index in [1.165, 1.54) is 11.3 Å². The van der Waals surface area contributed by atoms with Gasteiger partial charge in [0.15, 0.2) is 0 Å². The van der Waals surface area contributed by atoms with Gasteiger partial charge in [-0.2, -0.15) is 0 Å². The summed E-state index contributed by atoms with van der Waals surface area (Å²) in [7, 11) is 0. The lowest BCUT2D eigenvalue weighted by atomic mass is 10.1. The number of amides is 2. The van der Waals surface area contributed by atoms with E-state index in [0.29, 0.717) is 27.0 Å². The zero-order valence-electron chi connectivity index (χ0n) is 15.9. The number of carbonyl (C=O) groups is 3. The monoisotopic (exact) mass is 480 g/mol. The van der Waals surface area contributed by atoms with Gasteiger partial charge in [0, 0.05) is 0 Å². The van der Waals surface area contributed by atoms with E-state index < -0.39 is 30.0 Å². The third-order valence-electron chi connectivity index (χ3n) is 5.21. The molecule has 1 unspecified atom stereocenters. The number of rotatable bonds is 6. The van der Waals surface area contributed by atoms with Gasteiger partial charge in [0.25, 0.3) is 5.91 Å². The van der Waals surface area contributed by atoms with Gasteiger partial charge in [0.2, 0.25) is 5.91 Å². The first-order valence-electron chi connectivity index (χ1n) is 9.37. The maximum atomic E-state index is 12.9. The molecule has 0 saturated carbocycles. The van der Waals surface area contributed by atoms with Gasteiger partial charge in [-0.3, -0.25) is 14.4 Å². The van der Waals surface area contributed by atoms with E-state index in [4.69, 9.17) is 34.0 Å². The van der Waals surface area contributed by atoms with Crippen LogP contribution in [0.25, 0.3) is 10.2 Å². The van der Waals surface area contributed by atoms with E-state index in [1.807, 2.05) is 24.3 Å². The number of hydrogen-bond donors (Lipinski definition) is 5. The summed E-state index contributed by atoms with van der Waals surface area (Å²) in [5.41, 5.74) is 8.26. The standard InChI is InChI=1S/C20H18Cl2N4O4S/c21-15-17-13(31-18(15)22)7-12(24-17)19(28)25-11-5-8-3-1-2-4-9(8)16(11)26-14(27)6-10(23)20(29)30/h1-4,7,10-11,16,24H,5-6,23H2,(H,25,28)(H,26,27)(H,29,30)/t10-,11?,16+/m0/s1. The van der Waals surface area contributed by atoms with E-state index in [0.717, 1.165) is 15.8 Å². The van der Waals surface area contributed by atoms with Crippen LogP contribution in [0, 0.1) is 0 Å². The van der Waals surface area contributed by atoms with Crippen molar-refractivity contribution in [2.75, 3.05) is 0 Å². The van der Waals surface area contributed by atoms with Crippen molar-refractivity contribution < 1.29 is 19.5 Å². The molecule has 0 fully saturated rings. The van der Waals surface area contributed by atoms with Crippen molar-refractivity contribution in [2.24, 2.45) is 5.73 Å². The van der Waals surface area contributed by atoms with E-state index in [9.17, 15) is 14.4 Å². The molecule has 1 aliphatic rings. The Labute approximate surface area is 190 Å². The molecule has 1 aliphatic carbocycles. The van der Waals surface area contributed by atoms with Crippen LogP contribution < -0.4 is 16.4 Å². The van der Waals surface area contributed by atoms with E-state index in [-0.39, 0.29) is 12.3 Å². The van der Waals surface area contributed by atoms with Crippen molar-refractivity contribution >= 4 is 62.5 Å². The highest BCUT2D eigenvalue weighted by molar-refractivity contribution is 7.23. The summed E-state index contributed by atoms with van der Waals surface area (Å²) in [6.45, 7) is 0. The Morgan fingerprint density at radius 2 is 2.00 bits per heavy atom. The molecule has 0 aliphatic heterocycles. The van der Waals surface area contributed by atoms with E-state index in [1.54, 1.807) is 6.07 Å². The molecule has 3 atom stereocenters. The summed E-state index contributed by atoms with van der Waals surface area (Å²) in [6, 6.07) is 6.97. The number of aromatic amines is 1. The summed E-state index contributed by atoms with van der Waals surface area (Å²) in [6.07, 6.45) is 0.153. The zero-order chi connectivity index (χ0) is 22.3. The molecule has 31 heavy (non-hydrogen) atoms. The number of thiophene rings is 1. The minimum Gasteiger partial charge on any atom is -0.480 e. The summed E-state index contributed by atoms with van der Waals surface area (Å²) < 4.78 is 1.21. The number of carbonyl (C=O) groups excluding carboxylic acids is 2. The van der Waals surface area contributed by atoms with Crippen molar-refractivity contribution in [3.63, 3.8) is 0 Å². The van der Waals surface area contributed by atoms with Crippen LogP contribution in [0.15, 0.2) is 30.3 Å². The molecular weight excluding hydrogens is 463 g/mol. The Hall–Kier alpha value is -2.59. The van der Waals surface area contributed by atoms with Gasteiger partial charge in [0.1, 0.15) is 16.1 Å². The number of benzene rings is 1. The molecule has 0 spiro atoms. The molecule has 0 saturated heterocycles. The summed E-state index contributed by atoms with van der Waals surface area (Å²) in [5, 5.41) is 15.1. The fourth-order valence-electron chi connectivity index (χ4n) is 3.71. The number of aliphatic carboxylic acids is 1. The van der Waals surface area contributed by atoms with Crippen molar-refractivity contribution in [1.82, 2.24) is 15.6 Å². The molecule has 2 amide bonds. The van der Waals surface area contributed by atoms with Gasteiger partial charge in [0.05, 0.1) is 33.7 Å². The van der Waals surface area contributed by atoms with Crippen LogP contribution in [0.2, 0.25) is 9.36 Å². The predicted molar refractivity (Wildman–Crippen MR) is 119 cm³/mol. The van der Waals surface area contributed by atoms with Crippen LogP contribution in [0.5, 0.6) is 0 Å². The first-order valence-corrected chi connectivity index (χ1v) is 10.9. The third-order valence-corrected chi connectivity index (χ3v) is 7.14. The first-order chi connectivity index (χ1) is 14.7. The molecule has 4 rings (SSSR count). The molecule has 0 radical (unpaired) electrons. The van der Waals surface area contributed by atoms with Crippen molar-refractivity contribution in [2.45, 2.75) is 31.0 Å². The van der Waals surface area contributed by atoms with Crippen molar-refractivity contribution in [3.05, 3.63) is 56.5 Å². The fourth-order valence-corrected chi connectivity index (χ4v) is 5.20. The normalized spacial score (nSPS) is 18.5. The lowest BCUT2D eigenvalue weighted by Crippen LogP contribution is -2.46. The second-order valence-corrected chi connectivity index (χ2v) is 9.32. The Morgan fingerprint density at radius 3 is 2.71 bits per heavy atom. The number of carboxylic acids is 1.